The Morgan fingerprint density at radius 3 is 2.64 bits per heavy atom. The van der Waals surface area contributed by atoms with E-state index in [0.717, 1.165) is 33.6 Å². The molecule has 4 heteroatoms. The van der Waals surface area contributed by atoms with E-state index in [9.17, 15) is 0 Å². The van der Waals surface area contributed by atoms with Crippen molar-refractivity contribution in [2.75, 3.05) is 6.79 Å². The zero-order chi connectivity index (χ0) is 14.8. The number of ether oxygens (including phenoxy) is 2. The minimum atomic E-state index is 0.288. The van der Waals surface area contributed by atoms with E-state index in [2.05, 4.69) is 31.0 Å². The summed E-state index contributed by atoms with van der Waals surface area (Å²) >= 11 is 0. The fourth-order valence-corrected chi connectivity index (χ4v) is 3.38. The molecule has 0 radical (unpaired) electrons. The summed E-state index contributed by atoms with van der Waals surface area (Å²) in [5.74, 6) is 1.58. The highest BCUT2D eigenvalue weighted by atomic mass is 16.7. The molecule has 1 N–H and O–H groups in total. The van der Waals surface area contributed by atoms with Crippen molar-refractivity contribution in [1.82, 2.24) is 9.97 Å². The van der Waals surface area contributed by atoms with Crippen LogP contribution in [0.4, 0.5) is 0 Å². The monoisotopic (exact) mass is 290 g/mol. The predicted octanol–water partition coefficient (Wildman–Crippen LogP) is 4.21. The van der Waals surface area contributed by atoms with Crippen LogP contribution < -0.4 is 9.47 Å². The van der Waals surface area contributed by atoms with Crippen molar-refractivity contribution >= 4 is 32.6 Å². The van der Waals surface area contributed by atoms with Crippen molar-refractivity contribution in [3.8, 4) is 11.5 Å². The number of benzene rings is 2. The highest BCUT2D eigenvalue weighted by Crippen LogP contribution is 2.40. The molecular formula is C18H14N2O2. The van der Waals surface area contributed by atoms with Crippen LogP contribution in [0.1, 0.15) is 11.3 Å². The van der Waals surface area contributed by atoms with Crippen LogP contribution in [-0.2, 0) is 0 Å². The highest BCUT2D eigenvalue weighted by molar-refractivity contribution is 6.14. The summed E-state index contributed by atoms with van der Waals surface area (Å²) in [6, 6.07) is 8.35. The number of aryl methyl sites for hydroxylation is 2. The third-order valence-electron chi connectivity index (χ3n) is 4.56. The SMILES string of the molecule is Cc1[nH]ccc2c(C)c3nc4cc5c(cc4c3cc12)OCO5. The number of hydrogen-bond acceptors (Lipinski definition) is 3. The molecule has 0 saturated carbocycles. The van der Waals surface area contributed by atoms with Gasteiger partial charge in [-0.05, 0) is 43.0 Å². The third-order valence-corrected chi connectivity index (χ3v) is 4.56. The standard InChI is InChI=1S/C18H14N2O2/c1-9-11-3-4-19-10(2)12(11)5-14-13-6-16-17(22-8-21-16)7-15(13)20-18(9)14/h3-7,19H,8H2,1-2H3. The number of aromatic nitrogens is 2. The normalized spacial score (nSPS) is 13.5. The van der Waals surface area contributed by atoms with Gasteiger partial charge in [-0.1, -0.05) is 0 Å². The number of nitrogens with zero attached hydrogens (tertiary/aromatic N) is 1. The molecule has 0 amide bonds. The Bertz CT molecular complexity index is 1080. The summed E-state index contributed by atoms with van der Waals surface area (Å²) < 4.78 is 11.0. The topological polar surface area (TPSA) is 47.1 Å². The Labute approximate surface area is 126 Å². The summed E-state index contributed by atoms with van der Waals surface area (Å²) in [6.45, 7) is 4.52. The maximum atomic E-state index is 5.51. The van der Waals surface area contributed by atoms with Gasteiger partial charge in [-0.2, -0.15) is 0 Å². The fraction of sp³-hybridized carbons (Fsp3) is 0.167. The number of aromatic amines is 1. The second-order valence-corrected chi connectivity index (χ2v) is 5.80. The van der Waals surface area contributed by atoms with E-state index in [0.29, 0.717) is 0 Å². The molecule has 2 aromatic heterocycles. The number of H-pyrrole nitrogens is 1. The summed E-state index contributed by atoms with van der Waals surface area (Å²) in [7, 11) is 0. The van der Waals surface area contributed by atoms with Crippen molar-refractivity contribution in [2.45, 2.75) is 13.8 Å². The van der Waals surface area contributed by atoms with Gasteiger partial charge in [-0.15, -0.1) is 0 Å². The molecule has 0 spiro atoms. The van der Waals surface area contributed by atoms with Gasteiger partial charge in [0.2, 0.25) is 6.79 Å². The second-order valence-electron chi connectivity index (χ2n) is 5.80. The highest BCUT2D eigenvalue weighted by Gasteiger charge is 2.18. The Balaban J connectivity index is 2.00. The van der Waals surface area contributed by atoms with Gasteiger partial charge in [0.05, 0.1) is 11.0 Å². The van der Waals surface area contributed by atoms with Crippen LogP contribution in [0, 0.1) is 13.8 Å². The quantitative estimate of drug-likeness (QED) is 0.527. The van der Waals surface area contributed by atoms with Gasteiger partial charge in [0.1, 0.15) is 0 Å². The van der Waals surface area contributed by atoms with Crippen molar-refractivity contribution in [3.05, 3.63) is 41.7 Å². The Morgan fingerprint density at radius 1 is 0.955 bits per heavy atom. The molecule has 0 unspecified atom stereocenters. The van der Waals surface area contributed by atoms with E-state index in [-0.39, 0.29) is 6.79 Å². The molecule has 1 aliphatic rings. The summed E-state index contributed by atoms with van der Waals surface area (Å²) in [6.07, 6.45) is 1.98. The van der Waals surface area contributed by atoms with E-state index in [1.807, 2.05) is 18.3 Å². The summed E-state index contributed by atoms with van der Waals surface area (Å²) in [4.78, 5) is 8.11. The number of pyridine rings is 1. The van der Waals surface area contributed by atoms with E-state index < -0.39 is 0 Å². The molecule has 3 heterocycles. The fourth-order valence-electron chi connectivity index (χ4n) is 3.38. The van der Waals surface area contributed by atoms with E-state index in [4.69, 9.17) is 14.5 Å². The molecule has 0 bridgehead atoms. The second kappa shape index (κ2) is 3.91. The van der Waals surface area contributed by atoms with Crippen LogP contribution in [0.2, 0.25) is 0 Å². The lowest BCUT2D eigenvalue weighted by atomic mass is 10.0. The van der Waals surface area contributed by atoms with E-state index >= 15 is 0 Å². The first-order chi connectivity index (χ1) is 10.7. The molecule has 0 fully saturated rings. The average molecular weight is 290 g/mol. The van der Waals surface area contributed by atoms with Gasteiger partial charge >= 0.3 is 0 Å². The smallest absolute Gasteiger partial charge is 0.231 e. The van der Waals surface area contributed by atoms with Gasteiger partial charge in [0, 0.05) is 34.1 Å². The first-order valence-corrected chi connectivity index (χ1v) is 7.33. The first-order valence-electron chi connectivity index (χ1n) is 7.33. The Hall–Kier alpha value is -2.75. The van der Waals surface area contributed by atoms with Crippen LogP contribution >= 0.6 is 0 Å². The van der Waals surface area contributed by atoms with Gasteiger partial charge < -0.3 is 14.5 Å². The number of nitrogens with one attached hydrogen (secondary N) is 1. The van der Waals surface area contributed by atoms with E-state index in [1.165, 1.54) is 21.7 Å². The van der Waals surface area contributed by atoms with Gasteiger partial charge in [0.15, 0.2) is 11.5 Å². The van der Waals surface area contributed by atoms with Crippen LogP contribution in [0.5, 0.6) is 11.5 Å². The average Bonchev–Trinajstić information content (AvgIpc) is 3.10. The zero-order valence-electron chi connectivity index (χ0n) is 12.4. The molecule has 5 rings (SSSR count). The summed E-state index contributed by atoms with van der Waals surface area (Å²) in [5, 5.41) is 4.76. The van der Waals surface area contributed by atoms with Crippen LogP contribution in [0.3, 0.4) is 0 Å². The Morgan fingerprint density at radius 2 is 1.77 bits per heavy atom. The lowest BCUT2D eigenvalue weighted by molar-refractivity contribution is 0.174. The molecule has 2 aromatic carbocycles. The van der Waals surface area contributed by atoms with Crippen molar-refractivity contribution < 1.29 is 9.47 Å². The molecule has 4 nitrogen and oxygen atoms in total. The maximum absolute atomic E-state index is 5.51. The summed E-state index contributed by atoms with van der Waals surface area (Å²) in [5.41, 5.74) is 4.39. The molecule has 1 aliphatic heterocycles. The minimum Gasteiger partial charge on any atom is -0.454 e. The van der Waals surface area contributed by atoms with Crippen molar-refractivity contribution in [2.24, 2.45) is 0 Å². The largest absolute Gasteiger partial charge is 0.454 e. The van der Waals surface area contributed by atoms with Gasteiger partial charge in [-0.3, -0.25) is 0 Å². The molecule has 0 atom stereocenters. The third kappa shape index (κ3) is 1.39. The van der Waals surface area contributed by atoms with E-state index in [1.54, 1.807) is 0 Å². The molecule has 0 aliphatic carbocycles. The van der Waals surface area contributed by atoms with Crippen LogP contribution in [0.15, 0.2) is 30.5 Å². The van der Waals surface area contributed by atoms with Crippen LogP contribution in [-0.4, -0.2) is 16.8 Å². The molecular weight excluding hydrogens is 276 g/mol. The molecule has 108 valence electrons. The maximum Gasteiger partial charge on any atom is 0.231 e. The first kappa shape index (κ1) is 11.9. The van der Waals surface area contributed by atoms with Crippen molar-refractivity contribution in [1.29, 1.82) is 0 Å². The Kier molecular flexibility index (Phi) is 2.11. The predicted molar refractivity (Wildman–Crippen MR) is 86.7 cm³/mol. The van der Waals surface area contributed by atoms with Crippen LogP contribution in [0.25, 0.3) is 32.6 Å². The molecule has 22 heavy (non-hydrogen) atoms. The molecule has 4 aromatic rings. The number of hydrogen-bond donors (Lipinski definition) is 1. The van der Waals surface area contributed by atoms with Crippen molar-refractivity contribution in [3.63, 3.8) is 0 Å². The zero-order valence-corrected chi connectivity index (χ0v) is 12.4. The van der Waals surface area contributed by atoms with Gasteiger partial charge in [0.25, 0.3) is 0 Å². The number of rotatable bonds is 0. The lowest BCUT2D eigenvalue weighted by Gasteiger charge is -2.06. The lowest BCUT2D eigenvalue weighted by Crippen LogP contribution is -1.92. The number of fused-ring (bicyclic) bond motifs is 5. The van der Waals surface area contributed by atoms with Gasteiger partial charge in [-0.25, -0.2) is 4.98 Å². The molecule has 0 saturated heterocycles. The minimum absolute atomic E-state index is 0.288.